The Kier molecular flexibility index (Phi) is 6.04. The molecule has 0 spiro atoms. The number of ether oxygens (including phenoxy) is 1. The second-order valence-electron chi connectivity index (χ2n) is 6.25. The number of benzene rings is 2. The molecule has 0 aliphatic rings. The highest BCUT2D eigenvalue weighted by atomic mass is 19.4. The minimum atomic E-state index is -5.14. The van der Waals surface area contributed by atoms with E-state index in [1.54, 1.807) is 0 Å². The molecule has 0 saturated carbocycles. The Balaban J connectivity index is 2.03. The van der Waals surface area contributed by atoms with Crippen molar-refractivity contribution in [2.45, 2.75) is 12.4 Å². The van der Waals surface area contributed by atoms with Crippen LogP contribution in [0, 0.1) is 17.5 Å². The number of nitrogens with one attached hydrogen (secondary N) is 2. The fraction of sp³-hybridized carbons (Fsp3) is 0.100. The van der Waals surface area contributed by atoms with Crippen LogP contribution in [0.5, 0.6) is 5.75 Å². The number of hydrogen-bond acceptors (Lipinski definition) is 3. The molecule has 31 heavy (non-hydrogen) atoms. The largest absolute Gasteiger partial charge is 0.573 e. The van der Waals surface area contributed by atoms with Crippen LogP contribution >= 0.6 is 0 Å². The second kappa shape index (κ2) is 8.54. The smallest absolute Gasteiger partial charge is 0.403 e. The number of halogens is 6. The topological polar surface area (TPSA) is 71.2 Å². The molecule has 1 amide bonds. The molecule has 1 atom stereocenters. The van der Waals surface area contributed by atoms with Crippen LogP contribution < -0.4 is 15.6 Å². The number of rotatable bonds is 5. The molecular formula is C20H12F6N2O3. The lowest BCUT2D eigenvalue weighted by Crippen LogP contribution is -2.30. The molecule has 0 saturated heterocycles. The Hall–Kier alpha value is -3.76. The summed E-state index contributed by atoms with van der Waals surface area (Å²) in [5.41, 5.74) is -1.14. The van der Waals surface area contributed by atoms with Gasteiger partial charge in [-0.15, -0.1) is 13.2 Å². The summed E-state index contributed by atoms with van der Waals surface area (Å²) < 4.78 is 82.9. The molecular weight excluding hydrogens is 430 g/mol. The van der Waals surface area contributed by atoms with Crippen molar-refractivity contribution in [2.75, 3.05) is 0 Å². The first kappa shape index (κ1) is 21.9. The average molecular weight is 442 g/mol. The van der Waals surface area contributed by atoms with Gasteiger partial charge in [0.15, 0.2) is 11.6 Å². The van der Waals surface area contributed by atoms with Crippen LogP contribution in [0.15, 0.2) is 59.5 Å². The molecule has 162 valence electrons. The molecule has 1 unspecified atom stereocenters. The minimum Gasteiger partial charge on any atom is -0.403 e. The fourth-order valence-corrected chi connectivity index (χ4v) is 2.75. The molecule has 1 heterocycles. The highest BCUT2D eigenvalue weighted by molar-refractivity contribution is 5.94. The zero-order valence-corrected chi connectivity index (χ0v) is 15.3. The van der Waals surface area contributed by atoms with E-state index in [0.717, 1.165) is 42.6 Å². The lowest BCUT2D eigenvalue weighted by atomic mass is 9.97. The number of hydrogen-bond donors (Lipinski definition) is 2. The first-order valence-corrected chi connectivity index (χ1v) is 8.53. The standard InChI is InChI=1S/C20H12F6N2O3/c21-12-3-4-14(22)13(8-12)18(28-19(30)11-2-6-17(29)27-9-11)10-1-5-16(15(23)7-10)31-20(24,25)26/h1-9,18H,(H,27,29)(H,28,30). The summed E-state index contributed by atoms with van der Waals surface area (Å²) in [5, 5.41) is 2.35. The molecule has 2 N–H and O–H groups in total. The van der Waals surface area contributed by atoms with Gasteiger partial charge in [-0.05, 0) is 42.0 Å². The van der Waals surface area contributed by atoms with Gasteiger partial charge in [0.25, 0.3) is 5.91 Å². The van der Waals surface area contributed by atoms with E-state index in [9.17, 15) is 35.9 Å². The summed E-state index contributed by atoms with van der Waals surface area (Å²) >= 11 is 0. The zero-order chi connectivity index (χ0) is 22.8. The van der Waals surface area contributed by atoms with Crippen molar-refractivity contribution < 1.29 is 35.9 Å². The van der Waals surface area contributed by atoms with Crippen molar-refractivity contribution >= 4 is 5.91 Å². The summed E-state index contributed by atoms with van der Waals surface area (Å²) in [7, 11) is 0. The number of aromatic amines is 1. The van der Waals surface area contributed by atoms with E-state index in [2.05, 4.69) is 15.0 Å². The predicted molar refractivity (Wildman–Crippen MR) is 95.8 cm³/mol. The molecule has 0 bridgehead atoms. The van der Waals surface area contributed by atoms with E-state index < -0.39 is 52.6 Å². The van der Waals surface area contributed by atoms with Crippen LogP contribution in [0.25, 0.3) is 0 Å². The highest BCUT2D eigenvalue weighted by Crippen LogP contribution is 2.31. The van der Waals surface area contributed by atoms with E-state index in [1.807, 2.05) is 0 Å². The Labute approximate surface area is 170 Å². The quantitative estimate of drug-likeness (QED) is 0.582. The molecule has 0 aliphatic carbocycles. The molecule has 2 aromatic carbocycles. The van der Waals surface area contributed by atoms with Crippen molar-refractivity contribution in [3.63, 3.8) is 0 Å². The maximum absolute atomic E-state index is 14.4. The van der Waals surface area contributed by atoms with Gasteiger partial charge in [-0.25, -0.2) is 13.2 Å². The van der Waals surface area contributed by atoms with Crippen molar-refractivity contribution in [2.24, 2.45) is 0 Å². The molecule has 1 aromatic heterocycles. The summed E-state index contributed by atoms with van der Waals surface area (Å²) in [6.07, 6.45) is -4.08. The third kappa shape index (κ3) is 5.44. The van der Waals surface area contributed by atoms with Gasteiger partial charge in [0.05, 0.1) is 11.6 Å². The van der Waals surface area contributed by atoms with Crippen LogP contribution in [-0.2, 0) is 0 Å². The molecule has 3 aromatic rings. The lowest BCUT2D eigenvalue weighted by molar-refractivity contribution is -0.275. The first-order chi connectivity index (χ1) is 14.5. The highest BCUT2D eigenvalue weighted by Gasteiger charge is 2.33. The average Bonchev–Trinajstić information content (AvgIpc) is 2.69. The third-order valence-electron chi connectivity index (χ3n) is 4.11. The lowest BCUT2D eigenvalue weighted by Gasteiger charge is -2.21. The van der Waals surface area contributed by atoms with E-state index in [4.69, 9.17) is 0 Å². The van der Waals surface area contributed by atoms with Gasteiger partial charge in [0, 0.05) is 17.8 Å². The Morgan fingerprint density at radius 1 is 0.968 bits per heavy atom. The molecule has 0 fully saturated rings. The monoisotopic (exact) mass is 442 g/mol. The number of aromatic nitrogens is 1. The van der Waals surface area contributed by atoms with Gasteiger partial charge >= 0.3 is 6.36 Å². The van der Waals surface area contributed by atoms with Crippen LogP contribution in [0.1, 0.15) is 27.5 Å². The number of alkyl halides is 3. The Morgan fingerprint density at radius 2 is 1.71 bits per heavy atom. The molecule has 5 nitrogen and oxygen atoms in total. The SMILES string of the molecule is O=C(NC(c1ccc(OC(F)(F)F)c(F)c1)c1cc(F)ccc1F)c1ccc(=O)[nH]c1. The maximum atomic E-state index is 14.4. The number of carbonyl (C=O) groups excluding carboxylic acids is 1. The fourth-order valence-electron chi connectivity index (χ4n) is 2.75. The van der Waals surface area contributed by atoms with Crippen LogP contribution in [-0.4, -0.2) is 17.3 Å². The summed E-state index contributed by atoms with van der Waals surface area (Å²) in [5.74, 6) is -5.24. The van der Waals surface area contributed by atoms with E-state index in [0.29, 0.717) is 12.1 Å². The summed E-state index contributed by atoms with van der Waals surface area (Å²) in [4.78, 5) is 25.9. The predicted octanol–water partition coefficient (Wildman–Crippen LogP) is 4.21. The van der Waals surface area contributed by atoms with Crippen molar-refractivity contribution in [1.82, 2.24) is 10.3 Å². The van der Waals surface area contributed by atoms with Gasteiger partial charge in [-0.3, -0.25) is 9.59 Å². The van der Waals surface area contributed by atoms with Gasteiger partial charge in [-0.2, -0.15) is 0 Å². The van der Waals surface area contributed by atoms with Gasteiger partial charge in [0.2, 0.25) is 5.56 Å². The van der Waals surface area contributed by atoms with Gasteiger partial charge in [0.1, 0.15) is 11.6 Å². The zero-order valence-electron chi connectivity index (χ0n) is 15.3. The van der Waals surface area contributed by atoms with Gasteiger partial charge < -0.3 is 15.0 Å². The third-order valence-corrected chi connectivity index (χ3v) is 4.11. The number of amides is 1. The Morgan fingerprint density at radius 3 is 2.32 bits per heavy atom. The maximum Gasteiger partial charge on any atom is 0.573 e. The second-order valence-corrected chi connectivity index (χ2v) is 6.25. The van der Waals surface area contributed by atoms with Crippen molar-refractivity contribution in [3.05, 3.63) is 99.2 Å². The number of carbonyl (C=O) groups is 1. The van der Waals surface area contributed by atoms with E-state index in [-0.39, 0.29) is 11.1 Å². The Bertz CT molecular complexity index is 1160. The number of pyridine rings is 1. The van der Waals surface area contributed by atoms with E-state index in [1.165, 1.54) is 0 Å². The number of H-pyrrole nitrogens is 1. The molecule has 11 heteroatoms. The van der Waals surface area contributed by atoms with Gasteiger partial charge in [-0.1, -0.05) is 6.07 Å². The van der Waals surface area contributed by atoms with E-state index >= 15 is 0 Å². The minimum absolute atomic E-state index is 0.0566. The van der Waals surface area contributed by atoms with Crippen LogP contribution in [0.3, 0.4) is 0 Å². The van der Waals surface area contributed by atoms with Crippen molar-refractivity contribution in [3.8, 4) is 5.75 Å². The molecule has 0 radical (unpaired) electrons. The normalized spacial score (nSPS) is 12.3. The van der Waals surface area contributed by atoms with Crippen LogP contribution in [0.4, 0.5) is 26.3 Å². The van der Waals surface area contributed by atoms with Crippen LogP contribution in [0.2, 0.25) is 0 Å². The first-order valence-electron chi connectivity index (χ1n) is 8.53. The molecule has 0 aliphatic heterocycles. The van der Waals surface area contributed by atoms with Crippen molar-refractivity contribution in [1.29, 1.82) is 0 Å². The summed E-state index contributed by atoms with van der Waals surface area (Å²) in [6, 6.07) is 5.30. The summed E-state index contributed by atoms with van der Waals surface area (Å²) in [6.45, 7) is 0. The molecule has 3 rings (SSSR count).